The number of anilines is 1. The second-order valence-electron chi connectivity index (χ2n) is 7.61. The monoisotopic (exact) mass is 548 g/mol. The number of halogens is 1. The molecule has 9 nitrogen and oxygen atoms in total. The molecule has 0 aromatic heterocycles. The van der Waals surface area contributed by atoms with Crippen molar-refractivity contribution in [2.24, 2.45) is 0 Å². The van der Waals surface area contributed by atoms with E-state index in [4.69, 9.17) is 30.5 Å². The van der Waals surface area contributed by atoms with Crippen LogP contribution in [0.4, 0.5) is 5.69 Å². The molecule has 3 rings (SSSR count). The van der Waals surface area contributed by atoms with Crippen LogP contribution in [0.3, 0.4) is 0 Å². The first-order chi connectivity index (χ1) is 17.8. The third-order valence-electron chi connectivity index (χ3n) is 5.17. The minimum atomic E-state index is -4.16. The van der Waals surface area contributed by atoms with Crippen LogP contribution in [0.1, 0.15) is 6.92 Å². The van der Waals surface area contributed by atoms with Gasteiger partial charge in [-0.05, 0) is 67.6 Å². The highest BCUT2D eigenvalue weighted by Gasteiger charge is 2.28. The molecule has 0 saturated carbocycles. The van der Waals surface area contributed by atoms with E-state index in [0.717, 1.165) is 4.31 Å². The number of carbonyl (C=O) groups is 1. The van der Waals surface area contributed by atoms with Gasteiger partial charge in [-0.2, -0.15) is 0 Å². The second-order valence-corrected chi connectivity index (χ2v) is 9.91. The summed E-state index contributed by atoms with van der Waals surface area (Å²) in [5.74, 6) is 1.31. The Morgan fingerprint density at radius 3 is 2.14 bits per heavy atom. The van der Waals surface area contributed by atoms with E-state index in [0.29, 0.717) is 34.6 Å². The summed E-state index contributed by atoms with van der Waals surface area (Å²) in [6.07, 6.45) is 0. The van der Waals surface area contributed by atoms with Crippen molar-refractivity contribution in [3.8, 4) is 23.0 Å². The number of carbonyl (C=O) groups excluding carboxylic acids is 1. The molecule has 1 N–H and O–H groups in total. The third kappa shape index (κ3) is 7.43. The van der Waals surface area contributed by atoms with Crippen LogP contribution < -0.4 is 28.6 Å². The number of ether oxygens (including phenoxy) is 4. The van der Waals surface area contributed by atoms with Crippen LogP contribution >= 0.6 is 11.6 Å². The number of methoxy groups -OCH3 is 2. The minimum Gasteiger partial charge on any atom is -0.494 e. The molecule has 198 valence electrons. The lowest BCUT2D eigenvalue weighted by Gasteiger charge is -2.24. The molecule has 11 heteroatoms. The zero-order valence-corrected chi connectivity index (χ0v) is 22.3. The lowest BCUT2D eigenvalue weighted by molar-refractivity contribution is -0.119. The highest BCUT2D eigenvalue weighted by molar-refractivity contribution is 7.92. The van der Waals surface area contributed by atoms with Crippen molar-refractivity contribution >= 4 is 33.2 Å². The van der Waals surface area contributed by atoms with Crippen molar-refractivity contribution < 1.29 is 32.2 Å². The van der Waals surface area contributed by atoms with Crippen LogP contribution in [0, 0.1) is 0 Å². The van der Waals surface area contributed by atoms with E-state index in [1.807, 2.05) is 6.92 Å². The first kappa shape index (κ1) is 27.9. The van der Waals surface area contributed by atoms with Crippen LogP contribution in [-0.4, -0.2) is 54.8 Å². The summed E-state index contributed by atoms with van der Waals surface area (Å²) >= 11 is 5.86. The molecule has 0 heterocycles. The molecule has 1 amide bonds. The summed E-state index contributed by atoms with van der Waals surface area (Å²) in [7, 11) is -1.28. The van der Waals surface area contributed by atoms with Crippen LogP contribution in [0.15, 0.2) is 71.6 Å². The average Bonchev–Trinajstić information content (AvgIpc) is 2.91. The molecular formula is C26H29ClN2O7S. The quantitative estimate of drug-likeness (QED) is 0.320. The molecule has 0 saturated heterocycles. The lowest BCUT2D eigenvalue weighted by atomic mass is 10.3. The number of benzene rings is 3. The fourth-order valence-corrected chi connectivity index (χ4v) is 4.93. The molecule has 0 aliphatic carbocycles. The van der Waals surface area contributed by atoms with E-state index in [1.165, 1.54) is 32.4 Å². The molecule has 0 atom stereocenters. The summed E-state index contributed by atoms with van der Waals surface area (Å²) in [5.41, 5.74) is 0.297. The summed E-state index contributed by atoms with van der Waals surface area (Å²) in [5, 5.41) is 3.28. The maximum absolute atomic E-state index is 13.7. The van der Waals surface area contributed by atoms with Gasteiger partial charge in [-0.3, -0.25) is 9.10 Å². The van der Waals surface area contributed by atoms with Crippen molar-refractivity contribution in [2.45, 2.75) is 11.8 Å². The molecule has 3 aromatic rings. The summed E-state index contributed by atoms with van der Waals surface area (Å²) in [6.45, 7) is 2.23. The topological polar surface area (TPSA) is 103 Å². The molecule has 0 aliphatic heterocycles. The van der Waals surface area contributed by atoms with Gasteiger partial charge in [0.2, 0.25) is 5.91 Å². The number of nitrogens with one attached hydrogen (secondary N) is 1. The molecule has 37 heavy (non-hydrogen) atoms. The van der Waals surface area contributed by atoms with Crippen molar-refractivity contribution in [3.63, 3.8) is 0 Å². The number of nitrogens with zero attached hydrogens (tertiary/aromatic N) is 1. The fraction of sp³-hybridized carbons (Fsp3) is 0.269. The van der Waals surface area contributed by atoms with Gasteiger partial charge in [-0.15, -0.1) is 0 Å². The highest BCUT2D eigenvalue weighted by atomic mass is 35.5. The standard InChI is InChI=1S/C26H29ClN2O7S/c1-4-35-21-11-7-20(8-12-21)29(37(31,32)23-13-14-24(33-2)25(17-23)34-3)18-26(30)28-15-16-36-22-9-5-19(27)6-10-22/h5-14,17H,4,15-16,18H2,1-3H3,(H,28,30). The van der Waals surface area contributed by atoms with Gasteiger partial charge in [0, 0.05) is 11.1 Å². The van der Waals surface area contributed by atoms with E-state index < -0.39 is 22.5 Å². The van der Waals surface area contributed by atoms with Crippen LogP contribution in [0.2, 0.25) is 5.02 Å². The van der Waals surface area contributed by atoms with Crippen molar-refractivity contribution in [1.29, 1.82) is 0 Å². The molecule has 0 radical (unpaired) electrons. The van der Waals surface area contributed by atoms with Gasteiger partial charge >= 0.3 is 0 Å². The third-order valence-corrected chi connectivity index (χ3v) is 7.19. The average molecular weight is 549 g/mol. The van der Waals surface area contributed by atoms with E-state index in [9.17, 15) is 13.2 Å². The smallest absolute Gasteiger partial charge is 0.264 e. The number of hydrogen-bond acceptors (Lipinski definition) is 7. The Labute approximate surface area is 221 Å². The SMILES string of the molecule is CCOc1ccc(N(CC(=O)NCCOc2ccc(Cl)cc2)S(=O)(=O)c2ccc(OC)c(OC)c2)cc1. The Morgan fingerprint density at radius 2 is 1.51 bits per heavy atom. The number of rotatable bonds is 13. The van der Waals surface area contributed by atoms with Crippen molar-refractivity contribution in [3.05, 3.63) is 71.8 Å². The Hall–Kier alpha value is -3.63. The molecule has 0 unspecified atom stereocenters. The Balaban J connectivity index is 1.79. The largest absolute Gasteiger partial charge is 0.494 e. The second kappa shape index (κ2) is 13.1. The van der Waals surface area contributed by atoms with Gasteiger partial charge in [0.25, 0.3) is 10.0 Å². The number of hydrogen-bond donors (Lipinski definition) is 1. The van der Waals surface area contributed by atoms with Crippen LogP contribution in [0.5, 0.6) is 23.0 Å². The van der Waals surface area contributed by atoms with E-state index >= 15 is 0 Å². The Kier molecular flexibility index (Phi) is 9.87. The molecule has 0 aliphatic rings. The Bertz CT molecular complexity index is 1280. The maximum atomic E-state index is 13.7. The highest BCUT2D eigenvalue weighted by Crippen LogP contribution is 2.32. The first-order valence-electron chi connectivity index (χ1n) is 11.4. The molecule has 3 aromatic carbocycles. The summed E-state index contributed by atoms with van der Waals surface area (Å²) in [4.78, 5) is 12.7. The first-order valence-corrected chi connectivity index (χ1v) is 13.2. The van der Waals surface area contributed by atoms with Crippen LogP contribution in [-0.2, 0) is 14.8 Å². The van der Waals surface area contributed by atoms with Gasteiger partial charge in [0.05, 0.1) is 38.0 Å². The van der Waals surface area contributed by atoms with E-state index in [1.54, 1.807) is 48.5 Å². The number of sulfonamides is 1. The summed E-state index contributed by atoms with van der Waals surface area (Å²) in [6, 6.07) is 17.5. The van der Waals surface area contributed by atoms with Crippen molar-refractivity contribution in [1.82, 2.24) is 5.32 Å². The molecule has 0 bridgehead atoms. The zero-order chi connectivity index (χ0) is 26.8. The van der Waals surface area contributed by atoms with Gasteiger partial charge in [-0.1, -0.05) is 11.6 Å². The molecular weight excluding hydrogens is 520 g/mol. The van der Waals surface area contributed by atoms with Gasteiger partial charge < -0.3 is 24.3 Å². The van der Waals surface area contributed by atoms with Gasteiger partial charge in [0.1, 0.15) is 24.7 Å². The van der Waals surface area contributed by atoms with Crippen molar-refractivity contribution in [2.75, 3.05) is 44.8 Å². The zero-order valence-electron chi connectivity index (χ0n) is 20.8. The van der Waals surface area contributed by atoms with E-state index in [-0.39, 0.29) is 23.8 Å². The van der Waals surface area contributed by atoms with Gasteiger partial charge in [-0.25, -0.2) is 8.42 Å². The minimum absolute atomic E-state index is 0.0575. The fourth-order valence-electron chi connectivity index (χ4n) is 3.37. The normalized spacial score (nSPS) is 10.9. The molecule has 0 spiro atoms. The predicted molar refractivity (Wildman–Crippen MR) is 142 cm³/mol. The molecule has 0 fully saturated rings. The predicted octanol–water partition coefficient (Wildman–Crippen LogP) is 4.15. The Morgan fingerprint density at radius 1 is 0.892 bits per heavy atom. The lowest BCUT2D eigenvalue weighted by Crippen LogP contribution is -2.41. The number of amides is 1. The summed E-state index contributed by atoms with van der Waals surface area (Å²) < 4.78 is 49.9. The van der Waals surface area contributed by atoms with E-state index in [2.05, 4.69) is 5.32 Å². The van der Waals surface area contributed by atoms with Crippen LogP contribution in [0.25, 0.3) is 0 Å². The maximum Gasteiger partial charge on any atom is 0.264 e. The van der Waals surface area contributed by atoms with Gasteiger partial charge in [0.15, 0.2) is 11.5 Å².